The van der Waals surface area contributed by atoms with Crippen molar-refractivity contribution in [3.63, 3.8) is 0 Å². The van der Waals surface area contributed by atoms with Crippen molar-refractivity contribution in [3.8, 4) is 0 Å². The molecule has 1 aromatic heterocycles. The van der Waals surface area contributed by atoms with Crippen molar-refractivity contribution in [2.45, 2.75) is 39.7 Å². The van der Waals surface area contributed by atoms with Crippen molar-refractivity contribution in [3.05, 3.63) is 50.8 Å². The zero-order valence-corrected chi connectivity index (χ0v) is 14.0. The van der Waals surface area contributed by atoms with Crippen LogP contribution in [0, 0.1) is 20.8 Å². The molecule has 4 heteroatoms. The molecule has 1 atom stereocenters. The van der Waals surface area contributed by atoms with Crippen molar-refractivity contribution in [1.82, 2.24) is 9.78 Å². The minimum absolute atomic E-state index is 0.401. The van der Waals surface area contributed by atoms with Gasteiger partial charge in [0.15, 0.2) is 0 Å². The Morgan fingerprint density at radius 2 is 1.75 bits per heavy atom. The lowest BCUT2D eigenvalue weighted by Gasteiger charge is -2.12. The molecule has 0 aliphatic rings. The lowest BCUT2D eigenvalue weighted by atomic mass is 10.0. The molecule has 0 saturated heterocycles. The number of nitrogens with zero attached hydrogens (tertiary/aromatic N) is 2. The van der Waals surface area contributed by atoms with E-state index in [1.54, 1.807) is 0 Å². The van der Waals surface area contributed by atoms with Gasteiger partial charge in [-0.05, 0) is 48.7 Å². The van der Waals surface area contributed by atoms with Crippen LogP contribution < -0.4 is 0 Å². The fourth-order valence-electron chi connectivity index (χ4n) is 2.66. The van der Waals surface area contributed by atoms with Crippen LogP contribution in [0.25, 0.3) is 0 Å². The molecule has 0 radical (unpaired) electrons. The number of aryl methyl sites for hydroxylation is 4. The molecule has 2 rings (SSSR count). The van der Waals surface area contributed by atoms with E-state index in [4.69, 9.17) is 0 Å². The average Bonchev–Trinajstić information content (AvgIpc) is 2.54. The lowest BCUT2D eigenvalue weighted by molar-refractivity contribution is 0.172. The van der Waals surface area contributed by atoms with E-state index in [0.29, 0.717) is 12.8 Å². The third-order valence-electron chi connectivity index (χ3n) is 3.44. The molecule has 0 spiro atoms. The maximum Gasteiger partial charge on any atom is 0.0738 e. The molecular weight excluding hydrogens is 316 g/mol. The molecule has 108 valence electrons. The Hall–Kier alpha value is -1.13. The van der Waals surface area contributed by atoms with Gasteiger partial charge in [0.05, 0.1) is 22.0 Å². The van der Waals surface area contributed by atoms with E-state index in [-0.39, 0.29) is 0 Å². The molecule has 0 fully saturated rings. The molecule has 1 aromatic carbocycles. The highest BCUT2D eigenvalue weighted by molar-refractivity contribution is 9.10. The van der Waals surface area contributed by atoms with E-state index in [0.717, 1.165) is 15.9 Å². The van der Waals surface area contributed by atoms with E-state index in [1.165, 1.54) is 16.7 Å². The van der Waals surface area contributed by atoms with Gasteiger partial charge >= 0.3 is 0 Å². The van der Waals surface area contributed by atoms with Gasteiger partial charge in [0.1, 0.15) is 0 Å². The average molecular weight is 337 g/mol. The van der Waals surface area contributed by atoms with Crippen LogP contribution >= 0.6 is 15.9 Å². The van der Waals surface area contributed by atoms with Crippen LogP contribution in [0.15, 0.2) is 22.7 Å². The Balaban J connectivity index is 2.10. The summed E-state index contributed by atoms with van der Waals surface area (Å²) in [5.41, 5.74) is 5.67. The van der Waals surface area contributed by atoms with Crippen molar-refractivity contribution >= 4 is 15.9 Å². The van der Waals surface area contributed by atoms with Gasteiger partial charge in [0, 0.05) is 13.5 Å². The number of aromatic nitrogens is 2. The highest BCUT2D eigenvalue weighted by atomic mass is 79.9. The van der Waals surface area contributed by atoms with Gasteiger partial charge in [-0.1, -0.05) is 29.3 Å². The summed E-state index contributed by atoms with van der Waals surface area (Å²) < 4.78 is 2.84. The fraction of sp³-hybridized carbons (Fsp3) is 0.438. The predicted octanol–water partition coefficient (Wildman–Crippen LogP) is 3.25. The van der Waals surface area contributed by atoms with Crippen LogP contribution in [-0.2, 0) is 19.9 Å². The molecule has 2 aromatic rings. The monoisotopic (exact) mass is 336 g/mol. The fourth-order valence-corrected chi connectivity index (χ4v) is 3.15. The SMILES string of the molecule is Cc1cc(C)cc(CC(O)Cc2c(Br)c(C)nn2C)c1. The highest BCUT2D eigenvalue weighted by Gasteiger charge is 2.15. The van der Waals surface area contributed by atoms with E-state index in [2.05, 4.69) is 53.1 Å². The first kappa shape index (κ1) is 15.3. The summed E-state index contributed by atoms with van der Waals surface area (Å²) in [7, 11) is 1.91. The minimum atomic E-state index is -0.401. The molecule has 1 unspecified atom stereocenters. The second-order valence-electron chi connectivity index (χ2n) is 5.53. The Morgan fingerprint density at radius 3 is 2.25 bits per heavy atom. The second kappa shape index (κ2) is 6.10. The summed E-state index contributed by atoms with van der Waals surface area (Å²) in [6.45, 7) is 6.14. The number of aliphatic hydroxyl groups excluding tert-OH is 1. The molecule has 0 aliphatic carbocycles. The van der Waals surface area contributed by atoms with Crippen molar-refractivity contribution in [1.29, 1.82) is 0 Å². The maximum atomic E-state index is 10.3. The van der Waals surface area contributed by atoms with Crippen LogP contribution in [0.4, 0.5) is 0 Å². The van der Waals surface area contributed by atoms with Crippen LogP contribution in [0.5, 0.6) is 0 Å². The number of aliphatic hydroxyl groups is 1. The zero-order chi connectivity index (χ0) is 14.9. The molecule has 0 aliphatic heterocycles. The van der Waals surface area contributed by atoms with Crippen LogP contribution in [-0.4, -0.2) is 21.0 Å². The summed E-state index contributed by atoms with van der Waals surface area (Å²) in [6.07, 6.45) is 0.867. The standard InChI is InChI=1S/C16H21BrN2O/c1-10-5-11(2)7-13(6-10)8-14(20)9-15-16(17)12(3)18-19(15)4/h5-7,14,20H,8-9H2,1-4H3. The van der Waals surface area contributed by atoms with Crippen LogP contribution in [0.2, 0.25) is 0 Å². The normalized spacial score (nSPS) is 12.7. The molecular formula is C16H21BrN2O. The Morgan fingerprint density at radius 1 is 1.15 bits per heavy atom. The summed E-state index contributed by atoms with van der Waals surface area (Å²) in [6, 6.07) is 6.43. The number of hydrogen-bond donors (Lipinski definition) is 1. The maximum absolute atomic E-state index is 10.3. The third kappa shape index (κ3) is 3.49. The van der Waals surface area contributed by atoms with Gasteiger partial charge in [-0.2, -0.15) is 5.10 Å². The van der Waals surface area contributed by atoms with Crippen molar-refractivity contribution < 1.29 is 5.11 Å². The Labute approximate surface area is 128 Å². The third-order valence-corrected chi connectivity index (χ3v) is 4.47. The Kier molecular flexibility index (Phi) is 4.66. The van der Waals surface area contributed by atoms with Gasteiger partial charge < -0.3 is 5.11 Å². The highest BCUT2D eigenvalue weighted by Crippen LogP contribution is 2.22. The first-order valence-corrected chi connectivity index (χ1v) is 7.59. The minimum Gasteiger partial charge on any atom is -0.392 e. The van der Waals surface area contributed by atoms with Gasteiger partial charge in [0.2, 0.25) is 0 Å². The van der Waals surface area contributed by atoms with Gasteiger partial charge in [-0.3, -0.25) is 4.68 Å². The number of hydrogen-bond acceptors (Lipinski definition) is 2. The molecule has 20 heavy (non-hydrogen) atoms. The van der Waals surface area contributed by atoms with Gasteiger partial charge in [-0.25, -0.2) is 0 Å². The first-order valence-electron chi connectivity index (χ1n) is 6.80. The predicted molar refractivity (Wildman–Crippen MR) is 85.0 cm³/mol. The molecule has 1 N–H and O–H groups in total. The lowest BCUT2D eigenvalue weighted by Crippen LogP contribution is -2.16. The van der Waals surface area contributed by atoms with Gasteiger partial charge in [0.25, 0.3) is 0 Å². The number of benzene rings is 1. The summed E-state index contributed by atoms with van der Waals surface area (Å²) >= 11 is 3.54. The molecule has 0 bridgehead atoms. The van der Waals surface area contributed by atoms with E-state index in [9.17, 15) is 5.11 Å². The zero-order valence-electron chi connectivity index (χ0n) is 12.4. The molecule has 0 saturated carbocycles. The number of halogens is 1. The van der Waals surface area contributed by atoms with E-state index >= 15 is 0 Å². The first-order chi connectivity index (χ1) is 9.36. The van der Waals surface area contributed by atoms with E-state index in [1.807, 2.05) is 18.7 Å². The summed E-state index contributed by atoms with van der Waals surface area (Å²) in [4.78, 5) is 0. The molecule has 1 heterocycles. The molecule has 3 nitrogen and oxygen atoms in total. The Bertz CT molecular complexity index is 599. The largest absolute Gasteiger partial charge is 0.392 e. The van der Waals surface area contributed by atoms with E-state index < -0.39 is 6.10 Å². The molecule has 0 amide bonds. The summed E-state index contributed by atoms with van der Waals surface area (Å²) in [5, 5.41) is 14.7. The van der Waals surface area contributed by atoms with Crippen LogP contribution in [0.3, 0.4) is 0 Å². The topological polar surface area (TPSA) is 38.1 Å². The summed E-state index contributed by atoms with van der Waals surface area (Å²) in [5.74, 6) is 0. The van der Waals surface area contributed by atoms with Crippen molar-refractivity contribution in [2.24, 2.45) is 7.05 Å². The quantitative estimate of drug-likeness (QED) is 0.930. The second-order valence-corrected chi connectivity index (χ2v) is 6.32. The van der Waals surface area contributed by atoms with Crippen LogP contribution in [0.1, 0.15) is 28.1 Å². The van der Waals surface area contributed by atoms with Gasteiger partial charge in [-0.15, -0.1) is 0 Å². The number of rotatable bonds is 4. The smallest absolute Gasteiger partial charge is 0.0738 e. The van der Waals surface area contributed by atoms with Crippen molar-refractivity contribution in [2.75, 3.05) is 0 Å².